The van der Waals surface area contributed by atoms with Crippen LogP contribution in [0, 0.1) is 0 Å². The summed E-state index contributed by atoms with van der Waals surface area (Å²) in [5, 5.41) is 0. The van der Waals surface area contributed by atoms with E-state index in [0.717, 1.165) is 19.3 Å². The molecule has 0 spiro atoms. The van der Waals surface area contributed by atoms with Crippen molar-refractivity contribution in [2.75, 3.05) is 6.61 Å². The van der Waals surface area contributed by atoms with Gasteiger partial charge in [-0.05, 0) is 32.6 Å². The van der Waals surface area contributed by atoms with Gasteiger partial charge in [0.25, 0.3) is 0 Å². The average Bonchev–Trinajstić information content (AvgIpc) is 2.02. The van der Waals surface area contributed by atoms with Gasteiger partial charge in [0.05, 0.1) is 6.61 Å². The van der Waals surface area contributed by atoms with Gasteiger partial charge in [0, 0.05) is 6.92 Å². The van der Waals surface area contributed by atoms with Crippen molar-refractivity contribution in [2.24, 2.45) is 0 Å². The van der Waals surface area contributed by atoms with Crippen LogP contribution in [0.1, 0.15) is 39.5 Å². The van der Waals surface area contributed by atoms with Gasteiger partial charge in [-0.25, -0.2) is 0 Å². The molecule has 0 atom stereocenters. The van der Waals surface area contributed by atoms with Gasteiger partial charge < -0.3 is 4.74 Å². The highest BCUT2D eigenvalue weighted by molar-refractivity contribution is 5.65. The molecule has 0 saturated carbocycles. The standard InChI is InChI=1S/C10H18O2/c1-3-4-5-6-7-8-9-12-10(2)11/h3-4H,5-9H2,1-2H3/b4-3-. The number of hydrogen-bond donors (Lipinski definition) is 0. The molecule has 0 fully saturated rings. The van der Waals surface area contributed by atoms with E-state index in [1.807, 2.05) is 6.92 Å². The minimum Gasteiger partial charge on any atom is -0.466 e. The molecule has 0 aromatic heterocycles. The van der Waals surface area contributed by atoms with Gasteiger partial charge in [0.2, 0.25) is 0 Å². The first-order valence-corrected chi connectivity index (χ1v) is 4.52. The smallest absolute Gasteiger partial charge is 0.302 e. The van der Waals surface area contributed by atoms with E-state index in [4.69, 9.17) is 4.74 Å². The minimum atomic E-state index is -0.177. The lowest BCUT2D eigenvalue weighted by atomic mass is 10.2. The van der Waals surface area contributed by atoms with E-state index in [1.54, 1.807) is 0 Å². The van der Waals surface area contributed by atoms with E-state index in [9.17, 15) is 4.79 Å². The van der Waals surface area contributed by atoms with E-state index in [-0.39, 0.29) is 5.97 Å². The van der Waals surface area contributed by atoms with Crippen molar-refractivity contribution in [3.8, 4) is 0 Å². The second kappa shape index (κ2) is 8.31. The number of hydrogen-bond acceptors (Lipinski definition) is 2. The first-order chi connectivity index (χ1) is 5.77. The summed E-state index contributed by atoms with van der Waals surface area (Å²) in [5.41, 5.74) is 0. The van der Waals surface area contributed by atoms with Crippen molar-refractivity contribution in [1.82, 2.24) is 0 Å². The minimum absolute atomic E-state index is 0.177. The maximum atomic E-state index is 10.3. The third-order valence-corrected chi connectivity index (χ3v) is 1.56. The Bertz CT molecular complexity index is 139. The van der Waals surface area contributed by atoms with Crippen molar-refractivity contribution < 1.29 is 9.53 Å². The van der Waals surface area contributed by atoms with Crippen LogP contribution in [0.4, 0.5) is 0 Å². The fourth-order valence-electron chi connectivity index (χ4n) is 0.924. The average molecular weight is 170 g/mol. The first-order valence-electron chi connectivity index (χ1n) is 4.52. The summed E-state index contributed by atoms with van der Waals surface area (Å²) >= 11 is 0. The van der Waals surface area contributed by atoms with Crippen LogP contribution in [-0.4, -0.2) is 12.6 Å². The van der Waals surface area contributed by atoms with Crippen LogP contribution >= 0.6 is 0 Å². The van der Waals surface area contributed by atoms with Gasteiger partial charge >= 0.3 is 5.97 Å². The topological polar surface area (TPSA) is 26.3 Å². The van der Waals surface area contributed by atoms with Crippen LogP contribution in [0.3, 0.4) is 0 Å². The Kier molecular flexibility index (Phi) is 7.76. The van der Waals surface area contributed by atoms with Crippen molar-refractivity contribution in [3.63, 3.8) is 0 Å². The molecular weight excluding hydrogens is 152 g/mol. The molecule has 0 saturated heterocycles. The number of rotatable bonds is 6. The van der Waals surface area contributed by atoms with Crippen molar-refractivity contribution >= 4 is 5.97 Å². The fourth-order valence-corrected chi connectivity index (χ4v) is 0.924. The molecule has 0 heterocycles. The van der Waals surface area contributed by atoms with Crippen LogP contribution in [0.15, 0.2) is 12.2 Å². The summed E-state index contributed by atoms with van der Waals surface area (Å²) in [6.07, 6.45) is 8.66. The first kappa shape index (κ1) is 11.2. The molecular formula is C10H18O2. The van der Waals surface area contributed by atoms with Crippen molar-refractivity contribution in [3.05, 3.63) is 12.2 Å². The number of unbranched alkanes of at least 4 members (excludes halogenated alkanes) is 3. The molecule has 0 aromatic carbocycles. The Morgan fingerprint density at radius 2 is 2.08 bits per heavy atom. The highest BCUT2D eigenvalue weighted by atomic mass is 16.5. The largest absolute Gasteiger partial charge is 0.466 e. The maximum Gasteiger partial charge on any atom is 0.302 e. The number of allylic oxidation sites excluding steroid dienone is 2. The summed E-state index contributed by atoms with van der Waals surface area (Å²) in [4.78, 5) is 10.3. The molecule has 0 aliphatic carbocycles. The van der Waals surface area contributed by atoms with Gasteiger partial charge in [-0.2, -0.15) is 0 Å². The summed E-state index contributed by atoms with van der Waals surface area (Å²) in [5.74, 6) is -0.177. The van der Waals surface area contributed by atoms with Crippen LogP contribution < -0.4 is 0 Å². The number of carbonyl (C=O) groups excluding carboxylic acids is 1. The highest BCUT2D eigenvalue weighted by Gasteiger charge is 1.91. The lowest BCUT2D eigenvalue weighted by molar-refractivity contribution is -0.141. The molecule has 0 bridgehead atoms. The Balaban J connectivity index is 2.96. The van der Waals surface area contributed by atoms with Crippen LogP contribution in [-0.2, 0) is 9.53 Å². The Hall–Kier alpha value is -0.790. The van der Waals surface area contributed by atoms with Gasteiger partial charge in [-0.15, -0.1) is 0 Å². The van der Waals surface area contributed by atoms with Crippen molar-refractivity contribution in [2.45, 2.75) is 39.5 Å². The predicted molar refractivity (Wildman–Crippen MR) is 49.9 cm³/mol. The second-order valence-electron chi connectivity index (χ2n) is 2.76. The van der Waals surface area contributed by atoms with E-state index >= 15 is 0 Å². The normalized spacial score (nSPS) is 10.5. The van der Waals surface area contributed by atoms with Gasteiger partial charge in [0.1, 0.15) is 0 Å². The van der Waals surface area contributed by atoms with Gasteiger partial charge in [-0.1, -0.05) is 12.2 Å². The highest BCUT2D eigenvalue weighted by Crippen LogP contribution is 2.00. The van der Waals surface area contributed by atoms with E-state index in [0.29, 0.717) is 6.61 Å². The van der Waals surface area contributed by atoms with Gasteiger partial charge in [-0.3, -0.25) is 4.79 Å². The monoisotopic (exact) mass is 170 g/mol. The van der Waals surface area contributed by atoms with Crippen LogP contribution in [0.2, 0.25) is 0 Å². The van der Waals surface area contributed by atoms with E-state index in [2.05, 4.69) is 12.2 Å². The third-order valence-electron chi connectivity index (χ3n) is 1.56. The predicted octanol–water partition coefficient (Wildman–Crippen LogP) is 2.69. The van der Waals surface area contributed by atoms with E-state index in [1.165, 1.54) is 13.3 Å². The molecule has 0 radical (unpaired) electrons. The van der Waals surface area contributed by atoms with Crippen LogP contribution in [0.5, 0.6) is 0 Å². The maximum absolute atomic E-state index is 10.3. The zero-order chi connectivity index (χ0) is 9.23. The summed E-state index contributed by atoms with van der Waals surface area (Å²) in [7, 11) is 0. The number of ether oxygens (including phenoxy) is 1. The molecule has 0 amide bonds. The lowest BCUT2D eigenvalue weighted by Crippen LogP contribution is -1.99. The number of carbonyl (C=O) groups is 1. The summed E-state index contributed by atoms with van der Waals surface area (Å²) < 4.78 is 4.79. The molecule has 0 rings (SSSR count). The molecule has 2 heteroatoms. The molecule has 0 aliphatic rings. The quantitative estimate of drug-likeness (QED) is 0.348. The second-order valence-corrected chi connectivity index (χ2v) is 2.76. The van der Waals surface area contributed by atoms with Crippen LogP contribution in [0.25, 0.3) is 0 Å². The van der Waals surface area contributed by atoms with Crippen molar-refractivity contribution in [1.29, 1.82) is 0 Å². The Morgan fingerprint density at radius 1 is 1.33 bits per heavy atom. The molecule has 12 heavy (non-hydrogen) atoms. The third kappa shape index (κ3) is 9.21. The summed E-state index contributed by atoms with van der Waals surface area (Å²) in [6.45, 7) is 4.05. The number of esters is 1. The Labute approximate surface area is 74.6 Å². The SMILES string of the molecule is C/C=C\CCCCCOC(C)=O. The molecule has 0 aromatic rings. The molecule has 70 valence electrons. The molecule has 0 aliphatic heterocycles. The zero-order valence-electron chi connectivity index (χ0n) is 8.01. The van der Waals surface area contributed by atoms with E-state index < -0.39 is 0 Å². The fraction of sp³-hybridized carbons (Fsp3) is 0.700. The summed E-state index contributed by atoms with van der Waals surface area (Å²) in [6, 6.07) is 0. The Morgan fingerprint density at radius 3 is 2.67 bits per heavy atom. The lowest BCUT2D eigenvalue weighted by Gasteiger charge is -1.99. The van der Waals surface area contributed by atoms with Gasteiger partial charge in [0.15, 0.2) is 0 Å². The molecule has 0 unspecified atom stereocenters. The zero-order valence-corrected chi connectivity index (χ0v) is 8.01. The molecule has 0 N–H and O–H groups in total. The molecule has 2 nitrogen and oxygen atoms in total.